The smallest absolute Gasteiger partial charge is 0.320 e. The standard InChI is InChI=1S/C22H39N3O3/c1-22(2,3)25-10-9-18(16-25)20(26)24-13-11-23(12-14-24)19(21(27)28)15-17-7-5-4-6-8-17/h17-19H,4-16H2,1-3H3,(H,27,28). The lowest BCUT2D eigenvalue weighted by Gasteiger charge is -2.40. The average molecular weight is 394 g/mol. The molecule has 160 valence electrons. The third-order valence-corrected chi connectivity index (χ3v) is 7.12. The molecule has 0 aromatic rings. The first kappa shape index (κ1) is 21.6. The normalized spacial score (nSPS) is 27.1. The minimum Gasteiger partial charge on any atom is -0.480 e. The average Bonchev–Trinajstić information content (AvgIpc) is 3.17. The second-order valence-electron chi connectivity index (χ2n) is 10.1. The Bertz CT molecular complexity index is 546. The minimum atomic E-state index is -0.693. The van der Waals surface area contributed by atoms with Crippen LogP contribution in [0.2, 0.25) is 0 Å². The Balaban J connectivity index is 1.50. The summed E-state index contributed by atoms with van der Waals surface area (Å²) in [5.74, 6) is 0.229. The summed E-state index contributed by atoms with van der Waals surface area (Å²) in [5, 5.41) is 9.78. The number of nitrogens with zero attached hydrogens (tertiary/aromatic N) is 3. The quantitative estimate of drug-likeness (QED) is 0.778. The van der Waals surface area contributed by atoms with E-state index in [1.54, 1.807) is 0 Å². The van der Waals surface area contributed by atoms with E-state index in [1.165, 1.54) is 32.1 Å². The highest BCUT2D eigenvalue weighted by Gasteiger charge is 2.38. The van der Waals surface area contributed by atoms with E-state index >= 15 is 0 Å². The van der Waals surface area contributed by atoms with Gasteiger partial charge in [0.2, 0.25) is 5.91 Å². The second kappa shape index (κ2) is 9.12. The molecule has 6 nitrogen and oxygen atoms in total. The maximum atomic E-state index is 13.0. The number of aliphatic carboxylic acids is 1. The van der Waals surface area contributed by atoms with Gasteiger partial charge in [0, 0.05) is 38.3 Å². The molecule has 2 unspecified atom stereocenters. The van der Waals surface area contributed by atoms with Crippen molar-refractivity contribution in [3.63, 3.8) is 0 Å². The van der Waals surface area contributed by atoms with Crippen molar-refractivity contribution < 1.29 is 14.7 Å². The van der Waals surface area contributed by atoms with Crippen molar-refractivity contribution in [1.82, 2.24) is 14.7 Å². The van der Waals surface area contributed by atoms with Crippen LogP contribution in [0.1, 0.15) is 65.7 Å². The molecule has 0 spiro atoms. The summed E-state index contributed by atoms with van der Waals surface area (Å²) >= 11 is 0. The summed E-state index contributed by atoms with van der Waals surface area (Å²) in [5.41, 5.74) is 0.113. The fourth-order valence-electron chi connectivity index (χ4n) is 5.23. The molecular formula is C22H39N3O3. The Labute approximate surface area is 170 Å². The first-order valence-electron chi connectivity index (χ1n) is 11.3. The highest BCUT2D eigenvalue weighted by molar-refractivity contribution is 5.79. The van der Waals surface area contributed by atoms with E-state index in [0.29, 0.717) is 32.1 Å². The van der Waals surface area contributed by atoms with Gasteiger partial charge < -0.3 is 10.0 Å². The van der Waals surface area contributed by atoms with Gasteiger partial charge in [0.15, 0.2) is 0 Å². The summed E-state index contributed by atoms with van der Waals surface area (Å²) in [7, 11) is 0. The molecule has 0 bridgehead atoms. The number of hydrogen-bond acceptors (Lipinski definition) is 4. The lowest BCUT2D eigenvalue weighted by atomic mass is 9.84. The van der Waals surface area contributed by atoms with E-state index in [4.69, 9.17) is 0 Å². The van der Waals surface area contributed by atoms with Gasteiger partial charge in [-0.2, -0.15) is 0 Å². The number of hydrogen-bond donors (Lipinski definition) is 1. The third kappa shape index (κ3) is 5.26. The van der Waals surface area contributed by atoms with Gasteiger partial charge in [0.25, 0.3) is 0 Å². The van der Waals surface area contributed by atoms with Gasteiger partial charge in [-0.3, -0.25) is 19.4 Å². The summed E-state index contributed by atoms with van der Waals surface area (Å²) in [4.78, 5) is 31.4. The van der Waals surface area contributed by atoms with E-state index < -0.39 is 5.97 Å². The zero-order valence-electron chi connectivity index (χ0n) is 18.0. The lowest BCUT2D eigenvalue weighted by molar-refractivity contribution is -0.146. The predicted molar refractivity (Wildman–Crippen MR) is 110 cm³/mol. The van der Waals surface area contributed by atoms with E-state index in [9.17, 15) is 14.7 Å². The van der Waals surface area contributed by atoms with Crippen LogP contribution in [-0.4, -0.2) is 82.5 Å². The van der Waals surface area contributed by atoms with E-state index in [0.717, 1.165) is 25.9 Å². The van der Waals surface area contributed by atoms with Gasteiger partial charge in [-0.25, -0.2) is 0 Å². The number of carbonyl (C=O) groups is 2. The first-order chi connectivity index (χ1) is 13.3. The number of piperazine rings is 1. The molecule has 3 aliphatic rings. The number of rotatable bonds is 5. The van der Waals surface area contributed by atoms with Crippen LogP contribution in [0.5, 0.6) is 0 Å². The largest absolute Gasteiger partial charge is 0.480 e. The van der Waals surface area contributed by atoms with Gasteiger partial charge in [-0.15, -0.1) is 0 Å². The summed E-state index contributed by atoms with van der Waals surface area (Å²) in [6.07, 6.45) is 7.84. The fourth-order valence-corrected chi connectivity index (χ4v) is 5.23. The van der Waals surface area contributed by atoms with Gasteiger partial charge in [0.05, 0.1) is 5.92 Å². The monoisotopic (exact) mass is 393 g/mol. The maximum Gasteiger partial charge on any atom is 0.320 e. The van der Waals surface area contributed by atoms with Crippen LogP contribution in [0.3, 0.4) is 0 Å². The first-order valence-corrected chi connectivity index (χ1v) is 11.3. The topological polar surface area (TPSA) is 64.1 Å². The molecule has 3 fully saturated rings. The van der Waals surface area contributed by atoms with Crippen molar-refractivity contribution in [2.75, 3.05) is 39.3 Å². The van der Waals surface area contributed by atoms with Crippen LogP contribution in [0.4, 0.5) is 0 Å². The van der Waals surface area contributed by atoms with Crippen molar-refractivity contribution in [2.45, 2.75) is 77.3 Å². The van der Waals surface area contributed by atoms with Crippen molar-refractivity contribution >= 4 is 11.9 Å². The Morgan fingerprint density at radius 3 is 2.14 bits per heavy atom. The Kier molecular flexibility index (Phi) is 7.02. The fraction of sp³-hybridized carbons (Fsp3) is 0.909. The van der Waals surface area contributed by atoms with Gasteiger partial charge >= 0.3 is 5.97 Å². The van der Waals surface area contributed by atoms with E-state index in [2.05, 4.69) is 30.6 Å². The molecule has 1 N–H and O–H groups in total. The molecule has 2 atom stereocenters. The summed E-state index contributed by atoms with van der Waals surface area (Å²) in [6.45, 7) is 11.2. The molecular weight excluding hydrogens is 354 g/mol. The highest BCUT2D eigenvalue weighted by atomic mass is 16.4. The molecule has 2 aliphatic heterocycles. The van der Waals surface area contributed by atoms with E-state index in [-0.39, 0.29) is 23.4 Å². The molecule has 2 saturated heterocycles. The second-order valence-corrected chi connectivity index (χ2v) is 10.1. The predicted octanol–water partition coefficient (Wildman–Crippen LogP) is 2.67. The zero-order valence-corrected chi connectivity index (χ0v) is 18.0. The van der Waals surface area contributed by atoms with Crippen molar-refractivity contribution in [2.24, 2.45) is 11.8 Å². The zero-order chi connectivity index (χ0) is 20.3. The molecule has 6 heteroatoms. The van der Waals surface area contributed by atoms with Crippen LogP contribution < -0.4 is 0 Å². The van der Waals surface area contributed by atoms with Crippen molar-refractivity contribution in [1.29, 1.82) is 0 Å². The van der Waals surface area contributed by atoms with Gasteiger partial charge in [-0.1, -0.05) is 32.1 Å². The number of amides is 1. The molecule has 0 radical (unpaired) electrons. The molecule has 2 heterocycles. The molecule has 1 amide bonds. The van der Waals surface area contributed by atoms with Gasteiger partial charge in [-0.05, 0) is 46.1 Å². The van der Waals surface area contributed by atoms with Crippen LogP contribution in [0.25, 0.3) is 0 Å². The van der Waals surface area contributed by atoms with Crippen LogP contribution in [0.15, 0.2) is 0 Å². The summed E-state index contributed by atoms with van der Waals surface area (Å²) in [6, 6.07) is -0.386. The van der Waals surface area contributed by atoms with Crippen molar-refractivity contribution in [3.05, 3.63) is 0 Å². The Morgan fingerprint density at radius 1 is 0.964 bits per heavy atom. The van der Waals surface area contributed by atoms with Crippen LogP contribution in [0, 0.1) is 11.8 Å². The number of carboxylic acid groups (broad SMARTS) is 1. The number of carbonyl (C=O) groups excluding carboxylic acids is 1. The highest BCUT2D eigenvalue weighted by Crippen LogP contribution is 2.30. The molecule has 3 rings (SSSR count). The molecule has 0 aromatic carbocycles. The molecule has 28 heavy (non-hydrogen) atoms. The Morgan fingerprint density at radius 2 is 1.61 bits per heavy atom. The minimum absolute atomic E-state index is 0.100. The third-order valence-electron chi connectivity index (χ3n) is 7.12. The molecule has 1 saturated carbocycles. The number of likely N-dealkylation sites (tertiary alicyclic amines) is 1. The van der Waals surface area contributed by atoms with Crippen molar-refractivity contribution in [3.8, 4) is 0 Å². The Hall–Kier alpha value is -1.14. The lowest BCUT2D eigenvalue weighted by Crippen LogP contribution is -2.55. The molecule has 1 aliphatic carbocycles. The van der Waals surface area contributed by atoms with Crippen LogP contribution >= 0.6 is 0 Å². The van der Waals surface area contributed by atoms with E-state index in [1.807, 2.05) is 4.90 Å². The van der Waals surface area contributed by atoms with Crippen LogP contribution in [-0.2, 0) is 9.59 Å². The van der Waals surface area contributed by atoms with Gasteiger partial charge in [0.1, 0.15) is 6.04 Å². The summed E-state index contributed by atoms with van der Waals surface area (Å²) < 4.78 is 0. The maximum absolute atomic E-state index is 13.0. The SMILES string of the molecule is CC(C)(C)N1CCC(C(=O)N2CCN(C(CC3CCCCC3)C(=O)O)CC2)C1. The number of carboxylic acids is 1. The molecule has 0 aromatic heterocycles.